The molecule has 1 aromatic carbocycles. The zero-order valence-corrected chi connectivity index (χ0v) is 21.1. The molecule has 35 heavy (non-hydrogen) atoms. The first kappa shape index (κ1) is 26.4. The summed E-state index contributed by atoms with van der Waals surface area (Å²) in [4.78, 5) is 16.6. The summed E-state index contributed by atoms with van der Waals surface area (Å²) in [6, 6.07) is 8.27. The Morgan fingerprint density at radius 2 is 1.74 bits per heavy atom. The van der Waals surface area contributed by atoms with Crippen LogP contribution in [0.15, 0.2) is 52.4 Å². The van der Waals surface area contributed by atoms with Gasteiger partial charge in [0.15, 0.2) is 0 Å². The normalized spacial score (nSPS) is 17.0. The van der Waals surface area contributed by atoms with Gasteiger partial charge >= 0.3 is 6.09 Å². The van der Waals surface area contributed by atoms with Crippen molar-refractivity contribution in [3.8, 4) is 11.8 Å². The van der Waals surface area contributed by atoms with E-state index < -0.39 is 32.2 Å². The van der Waals surface area contributed by atoms with Crippen LogP contribution in [0.3, 0.4) is 0 Å². The quantitative estimate of drug-likeness (QED) is 0.467. The number of aromatic nitrogens is 1. The number of piperazine rings is 1. The van der Waals surface area contributed by atoms with E-state index in [0.29, 0.717) is 6.54 Å². The molecule has 1 fully saturated rings. The SMILES string of the molecule is CC#CC1CN(S(=O)(=O)c2ccc(NC(=O)O)nc2)CCN1c1ccc(S(=O)(=O)NC(C)C)cc1. The molecule has 1 aromatic heterocycles. The number of benzene rings is 1. The molecule has 1 aliphatic rings. The second-order valence-electron chi connectivity index (χ2n) is 8.05. The number of nitrogens with one attached hydrogen (secondary N) is 2. The largest absolute Gasteiger partial charge is 0.465 e. The highest BCUT2D eigenvalue weighted by Crippen LogP contribution is 2.26. The third kappa shape index (κ3) is 6.29. The molecule has 3 rings (SSSR count). The van der Waals surface area contributed by atoms with Crippen molar-refractivity contribution in [2.24, 2.45) is 0 Å². The molecule has 3 N–H and O–H groups in total. The Balaban J connectivity index is 1.80. The predicted molar refractivity (Wildman–Crippen MR) is 131 cm³/mol. The number of anilines is 2. The Labute approximate surface area is 205 Å². The number of carboxylic acid groups (broad SMARTS) is 1. The lowest BCUT2D eigenvalue weighted by Gasteiger charge is -2.39. The van der Waals surface area contributed by atoms with Crippen molar-refractivity contribution in [3.05, 3.63) is 42.6 Å². The molecular formula is C22H27N5O6S2. The van der Waals surface area contributed by atoms with Crippen molar-refractivity contribution in [3.63, 3.8) is 0 Å². The van der Waals surface area contributed by atoms with E-state index in [1.165, 1.54) is 28.6 Å². The molecule has 1 amide bonds. The molecule has 0 bridgehead atoms. The maximum atomic E-state index is 13.2. The van der Waals surface area contributed by atoms with Crippen LogP contribution in [-0.2, 0) is 20.0 Å². The van der Waals surface area contributed by atoms with E-state index in [9.17, 15) is 21.6 Å². The van der Waals surface area contributed by atoms with Crippen molar-refractivity contribution in [1.82, 2.24) is 14.0 Å². The van der Waals surface area contributed by atoms with Gasteiger partial charge in [-0.3, -0.25) is 5.32 Å². The Kier molecular flexibility index (Phi) is 8.01. The highest BCUT2D eigenvalue weighted by atomic mass is 32.2. The fourth-order valence-corrected chi connectivity index (χ4v) is 6.27. The summed E-state index contributed by atoms with van der Waals surface area (Å²) in [6.07, 6.45) is -0.190. The number of amides is 1. The standard InChI is InChI=1S/C22H27N5O6S2/c1-4-5-18-15-26(35(32,33)20-10-11-21(23-14-20)24-22(28)29)12-13-27(18)17-6-8-19(9-7-17)34(30,31)25-16(2)3/h6-11,14,16,18,25H,12-13,15H2,1-3H3,(H,23,24)(H,28,29). The van der Waals surface area contributed by atoms with Gasteiger partial charge in [-0.05, 0) is 57.2 Å². The maximum absolute atomic E-state index is 13.2. The summed E-state index contributed by atoms with van der Waals surface area (Å²) < 4.78 is 55.0. The van der Waals surface area contributed by atoms with Crippen LogP contribution in [0.25, 0.3) is 0 Å². The summed E-state index contributed by atoms with van der Waals surface area (Å²) in [6.45, 7) is 5.75. The molecule has 2 aromatic rings. The molecule has 0 aliphatic carbocycles. The average molecular weight is 522 g/mol. The van der Waals surface area contributed by atoms with Gasteiger partial charge in [-0.1, -0.05) is 5.92 Å². The van der Waals surface area contributed by atoms with E-state index in [1.54, 1.807) is 32.9 Å². The highest BCUT2D eigenvalue weighted by molar-refractivity contribution is 7.89. The molecule has 1 aliphatic heterocycles. The zero-order valence-electron chi connectivity index (χ0n) is 19.5. The molecule has 13 heteroatoms. The minimum absolute atomic E-state index is 0.0186. The molecule has 11 nitrogen and oxygen atoms in total. The van der Waals surface area contributed by atoms with Gasteiger partial charge in [0.1, 0.15) is 16.8 Å². The number of pyridine rings is 1. The van der Waals surface area contributed by atoms with Crippen LogP contribution in [0.1, 0.15) is 20.8 Å². The second-order valence-corrected chi connectivity index (χ2v) is 11.7. The van der Waals surface area contributed by atoms with Crippen LogP contribution in [0.2, 0.25) is 0 Å². The summed E-state index contributed by atoms with van der Waals surface area (Å²) in [7, 11) is -7.51. The van der Waals surface area contributed by atoms with Gasteiger partial charge in [0.2, 0.25) is 20.0 Å². The Morgan fingerprint density at radius 3 is 2.29 bits per heavy atom. The smallest absolute Gasteiger partial charge is 0.410 e. The van der Waals surface area contributed by atoms with Gasteiger partial charge < -0.3 is 10.0 Å². The first-order chi connectivity index (χ1) is 16.4. The van der Waals surface area contributed by atoms with E-state index in [2.05, 4.69) is 26.9 Å². The summed E-state index contributed by atoms with van der Waals surface area (Å²) in [5.41, 5.74) is 0.726. The van der Waals surface area contributed by atoms with Crippen molar-refractivity contribution in [2.45, 2.75) is 42.6 Å². The third-order valence-corrected chi connectivity index (χ3v) is 8.66. The van der Waals surface area contributed by atoms with Crippen LogP contribution < -0.4 is 14.9 Å². The van der Waals surface area contributed by atoms with Gasteiger partial charge in [-0.25, -0.2) is 31.3 Å². The van der Waals surface area contributed by atoms with Gasteiger partial charge in [0, 0.05) is 37.6 Å². The van der Waals surface area contributed by atoms with E-state index in [1.807, 2.05) is 4.90 Å². The van der Waals surface area contributed by atoms with Crippen LogP contribution in [0, 0.1) is 11.8 Å². The number of hydrogen-bond acceptors (Lipinski definition) is 7. The average Bonchev–Trinajstić information content (AvgIpc) is 2.78. The number of nitrogens with zero attached hydrogens (tertiary/aromatic N) is 3. The van der Waals surface area contributed by atoms with Gasteiger partial charge in [0.05, 0.1) is 4.90 Å². The Morgan fingerprint density at radius 1 is 1.09 bits per heavy atom. The molecule has 0 saturated carbocycles. The second kappa shape index (κ2) is 10.6. The van der Waals surface area contributed by atoms with E-state index in [4.69, 9.17) is 5.11 Å². The lowest BCUT2D eigenvalue weighted by atomic mass is 10.1. The van der Waals surface area contributed by atoms with E-state index in [-0.39, 0.29) is 34.7 Å². The van der Waals surface area contributed by atoms with Crippen molar-refractivity contribution < 1.29 is 26.7 Å². The van der Waals surface area contributed by atoms with Gasteiger partial charge in [-0.2, -0.15) is 4.31 Å². The van der Waals surface area contributed by atoms with Crippen LogP contribution >= 0.6 is 0 Å². The minimum Gasteiger partial charge on any atom is -0.465 e. The van der Waals surface area contributed by atoms with Crippen molar-refractivity contribution >= 4 is 37.6 Å². The fourth-order valence-electron chi connectivity index (χ4n) is 3.64. The maximum Gasteiger partial charge on any atom is 0.410 e. The molecule has 1 atom stereocenters. The first-order valence-corrected chi connectivity index (χ1v) is 13.6. The first-order valence-electron chi connectivity index (χ1n) is 10.7. The monoisotopic (exact) mass is 521 g/mol. The van der Waals surface area contributed by atoms with Gasteiger partial charge in [-0.15, -0.1) is 5.92 Å². The molecule has 0 spiro atoms. The summed E-state index contributed by atoms with van der Waals surface area (Å²) in [5, 5.41) is 10.8. The number of rotatable bonds is 7. The molecular weight excluding hydrogens is 494 g/mol. The molecule has 2 heterocycles. The molecule has 1 saturated heterocycles. The van der Waals surface area contributed by atoms with Crippen molar-refractivity contribution in [2.75, 3.05) is 29.9 Å². The lowest BCUT2D eigenvalue weighted by Crippen LogP contribution is -2.54. The van der Waals surface area contributed by atoms with Crippen LogP contribution in [0.5, 0.6) is 0 Å². The fraction of sp³-hybridized carbons (Fsp3) is 0.364. The van der Waals surface area contributed by atoms with Gasteiger partial charge in [0.25, 0.3) is 0 Å². The number of hydrogen-bond donors (Lipinski definition) is 3. The highest BCUT2D eigenvalue weighted by Gasteiger charge is 2.34. The zero-order chi connectivity index (χ0) is 25.8. The molecule has 188 valence electrons. The van der Waals surface area contributed by atoms with Crippen LogP contribution in [-0.4, -0.2) is 69.0 Å². The predicted octanol–water partition coefficient (Wildman–Crippen LogP) is 1.76. The minimum atomic E-state index is -3.89. The van der Waals surface area contributed by atoms with E-state index >= 15 is 0 Å². The van der Waals surface area contributed by atoms with Crippen molar-refractivity contribution in [1.29, 1.82) is 0 Å². The number of carbonyl (C=O) groups is 1. The molecule has 0 radical (unpaired) electrons. The Hall–Kier alpha value is -3.18. The number of sulfonamides is 2. The van der Waals surface area contributed by atoms with Crippen LogP contribution in [0.4, 0.5) is 16.3 Å². The van der Waals surface area contributed by atoms with E-state index in [0.717, 1.165) is 11.9 Å². The lowest BCUT2D eigenvalue weighted by molar-refractivity contribution is 0.209. The molecule has 1 unspecified atom stereocenters. The third-order valence-electron chi connectivity index (χ3n) is 5.13. The topological polar surface area (TPSA) is 149 Å². The summed E-state index contributed by atoms with van der Waals surface area (Å²) >= 11 is 0. The summed E-state index contributed by atoms with van der Waals surface area (Å²) in [5.74, 6) is 5.89. The Bertz CT molecular complexity index is 1330.